The Balaban J connectivity index is 1.60. The van der Waals surface area contributed by atoms with Crippen LogP contribution in [0.5, 0.6) is 0 Å². The maximum atomic E-state index is 13.2. The zero-order chi connectivity index (χ0) is 21.4. The van der Waals surface area contributed by atoms with E-state index in [1.54, 1.807) is 23.0 Å². The minimum atomic E-state index is -0.342. The van der Waals surface area contributed by atoms with Crippen molar-refractivity contribution in [2.24, 2.45) is 0 Å². The summed E-state index contributed by atoms with van der Waals surface area (Å²) in [6, 6.07) is 18.5. The van der Waals surface area contributed by atoms with E-state index in [0.29, 0.717) is 34.0 Å². The van der Waals surface area contributed by atoms with Crippen molar-refractivity contribution in [1.82, 2.24) is 19.9 Å². The zero-order valence-electron chi connectivity index (χ0n) is 16.4. The van der Waals surface area contributed by atoms with Crippen molar-refractivity contribution in [3.63, 3.8) is 0 Å². The number of hydrogen-bond acceptors (Lipinski definition) is 5. The molecule has 8 heteroatoms. The molecular weight excluding hydrogens is 414 g/mol. The normalized spacial score (nSPS) is 11.3. The van der Waals surface area contributed by atoms with Crippen molar-refractivity contribution in [2.75, 3.05) is 5.73 Å². The van der Waals surface area contributed by atoms with Gasteiger partial charge < -0.3 is 20.0 Å². The first-order valence-electron chi connectivity index (χ1n) is 9.70. The summed E-state index contributed by atoms with van der Waals surface area (Å²) in [5.74, 6) is 0.630. The van der Waals surface area contributed by atoms with E-state index < -0.39 is 0 Å². The van der Waals surface area contributed by atoms with Crippen molar-refractivity contribution in [1.29, 1.82) is 0 Å². The highest BCUT2D eigenvalue weighted by atomic mass is 35.5. The summed E-state index contributed by atoms with van der Waals surface area (Å²) in [5.41, 5.74) is 9.92. The molecule has 5 aromatic rings. The van der Waals surface area contributed by atoms with Gasteiger partial charge in [0, 0.05) is 11.6 Å². The molecule has 2 aromatic carbocycles. The third-order valence-electron chi connectivity index (χ3n) is 5.11. The predicted octanol–water partition coefficient (Wildman–Crippen LogP) is 4.39. The third-order valence-corrected chi connectivity index (χ3v) is 5.48. The van der Waals surface area contributed by atoms with E-state index in [4.69, 9.17) is 31.7 Å². The fourth-order valence-corrected chi connectivity index (χ4v) is 3.77. The van der Waals surface area contributed by atoms with Gasteiger partial charge in [-0.15, -0.1) is 0 Å². The van der Waals surface area contributed by atoms with Gasteiger partial charge >= 0.3 is 0 Å². The van der Waals surface area contributed by atoms with Gasteiger partial charge in [0.25, 0.3) is 5.91 Å². The van der Waals surface area contributed by atoms with E-state index in [2.05, 4.69) is 5.32 Å². The first kappa shape index (κ1) is 19.1. The minimum absolute atomic E-state index is 0.268. The van der Waals surface area contributed by atoms with Gasteiger partial charge in [0.15, 0.2) is 5.65 Å². The van der Waals surface area contributed by atoms with E-state index in [-0.39, 0.29) is 23.8 Å². The number of nitrogen functional groups attached to an aromatic ring is 1. The van der Waals surface area contributed by atoms with Crippen molar-refractivity contribution in [3.8, 4) is 0 Å². The fraction of sp³-hybridized carbons (Fsp3) is 0.0870. The van der Waals surface area contributed by atoms with Crippen LogP contribution in [0.3, 0.4) is 0 Å². The van der Waals surface area contributed by atoms with Crippen LogP contribution in [0.25, 0.3) is 22.2 Å². The van der Waals surface area contributed by atoms with Gasteiger partial charge in [0.05, 0.1) is 23.8 Å². The molecule has 0 bridgehead atoms. The Labute approximate surface area is 182 Å². The minimum Gasteiger partial charge on any atom is -0.467 e. The zero-order valence-corrected chi connectivity index (χ0v) is 17.1. The highest BCUT2D eigenvalue weighted by Gasteiger charge is 2.24. The van der Waals surface area contributed by atoms with Gasteiger partial charge in [-0.25, -0.2) is 9.97 Å². The van der Waals surface area contributed by atoms with Gasteiger partial charge in [0.1, 0.15) is 22.7 Å². The Kier molecular flexibility index (Phi) is 4.80. The largest absolute Gasteiger partial charge is 0.467 e. The average Bonchev–Trinajstić information content (AvgIpc) is 3.38. The molecule has 0 aliphatic heterocycles. The second-order valence-electron chi connectivity index (χ2n) is 7.08. The molecule has 0 unspecified atom stereocenters. The van der Waals surface area contributed by atoms with E-state index in [0.717, 1.165) is 11.1 Å². The van der Waals surface area contributed by atoms with Gasteiger partial charge in [-0.2, -0.15) is 0 Å². The molecule has 1 amide bonds. The molecule has 154 valence electrons. The van der Waals surface area contributed by atoms with Crippen LogP contribution in [0.1, 0.15) is 21.7 Å². The molecule has 3 heterocycles. The lowest BCUT2D eigenvalue weighted by molar-refractivity contribution is 0.0953. The van der Waals surface area contributed by atoms with Crippen LogP contribution >= 0.6 is 11.6 Å². The van der Waals surface area contributed by atoms with Gasteiger partial charge in [-0.1, -0.05) is 41.9 Å². The maximum Gasteiger partial charge on any atom is 0.257 e. The topological polar surface area (TPSA) is 99.0 Å². The number of carbonyl (C=O) groups is 1. The van der Waals surface area contributed by atoms with E-state index in [9.17, 15) is 4.79 Å². The number of nitrogens with two attached hydrogens (primary N) is 1. The lowest BCUT2D eigenvalue weighted by atomic mass is 10.2. The molecule has 5 rings (SSSR count). The Morgan fingerprint density at radius 3 is 2.52 bits per heavy atom. The van der Waals surface area contributed by atoms with Crippen LogP contribution in [-0.4, -0.2) is 20.4 Å². The number of para-hydroxylation sites is 2. The molecular formula is C23H18ClN5O2. The molecule has 0 aliphatic carbocycles. The first-order chi connectivity index (χ1) is 15.1. The summed E-state index contributed by atoms with van der Waals surface area (Å²) < 4.78 is 7.23. The molecule has 0 radical (unpaired) electrons. The average molecular weight is 432 g/mol. The Hall–Kier alpha value is -3.84. The molecule has 0 atom stereocenters. The van der Waals surface area contributed by atoms with Crippen molar-refractivity contribution in [2.45, 2.75) is 13.1 Å². The molecule has 0 saturated carbocycles. The summed E-state index contributed by atoms with van der Waals surface area (Å²) in [6.45, 7) is 0.601. The predicted molar refractivity (Wildman–Crippen MR) is 120 cm³/mol. The van der Waals surface area contributed by atoms with Crippen LogP contribution in [0.15, 0.2) is 71.3 Å². The van der Waals surface area contributed by atoms with Gasteiger partial charge in [0.2, 0.25) is 0 Å². The summed E-state index contributed by atoms with van der Waals surface area (Å²) in [7, 11) is 0. The first-order valence-corrected chi connectivity index (χ1v) is 10.1. The van der Waals surface area contributed by atoms with Crippen LogP contribution in [-0.2, 0) is 13.1 Å². The number of aromatic nitrogens is 3. The number of nitrogens with one attached hydrogen (secondary N) is 1. The number of amides is 1. The Bertz CT molecular complexity index is 1410. The molecule has 0 aliphatic rings. The van der Waals surface area contributed by atoms with Crippen molar-refractivity contribution in [3.05, 3.63) is 88.8 Å². The third kappa shape index (κ3) is 3.49. The lowest BCUT2D eigenvalue weighted by Crippen LogP contribution is -2.24. The highest BCUT2D eigenvalue weighted by molar-refractivity contribution is 6.31. The number of benzene rings is 2. The molecule has 0 spiro atoms. The Morgan fingerprint density at radius 2 is 1.77 bits per heavy atom. The number of carbonyl (C=O) groups excluding carboxylic acids is 1. The smallest absolute Gasteiger partial charge is 0.257 e. The van der Waals surface area contributed by atoms with Crippen LogP contribution in [0.2, 0.25) is 5.02 Å². The molecule has 31 heavy (non-hydrogen) atoms. The number of furan rings is 1. The second-order valence-corrected chi connectivity index (χ2v) is 7.49. The van der Waals surface area contributed by atoms with Gasteiger partial charge in [-0.05, 0) is 35.9 Å². The molecule has 3 aromatic heterocycles. The number of rotatable bonds is 5. The number of halogens is 1. The lowest BCUT2D eigenvalue weighted by Gasteiger charge is -2.08. The van der Waals surface area contributed by atoms with E-state index in [1.165, 1.54) is 0 Å². The standard InChI is InChI=1S/C23H18ClN5O2/c24-16-8-2-1-6-14(16)12-26-23(30)19-20-22(28-18-10-4-3-9-17(18)27-20)29(21(19)25)13-15-7-5-11-31-15/h1-11H,12-13,25H2,(H,26,30). The number of hydrogen-bond donors (Lipinski definition) is 2. The summed E-state index contributed by atoms with van der Waals surface area (Å²) in [5, 5.41) is 3.49. The van der Waals surface area contributed by atoms with Gasteiger partial charge in [-0.3, -0.25) is 4.79 Å². The number of nitrogens with zero attached hydrogens (tertiary/aromatic N) is 3. The molecule has 3 N–H and O–H groups in total. The highest BCUT2D eigenvalue weighted by Crippen LogP contribution is 2.29. The van der Waals surface area contributed by atoms with Crippen LogP contribution < -0.4 is 11.1 Å². The fourth-order valence-electron chi connectivity index (χ4n) is 3.56. The SMILES string of the molecule is Nc1c(C(=O)NCc2ccccc2Cl)c2nc3ccccc3nc2n1Cc1ccco1. The summed E-state index contributed by atoms with van der Waals surface area (Å²) >= 11 is 6.22. The van der Waals surface area contributed by atoms with Crippen molar-refractivity contribution >= 4 is 45.5 Å². The number of anilines is 1. The van der Waals surface area contributed by atoms with E-state index >= 15 is 0 Å². The monoisotopic (exact) mass is 431 g/mol. The van der Waals surface area contributed by atoms with Crippen molar-refractivity contribution < 1.29 is 9.21 Å². The summed E-state index contributed by atoms with van der Waals surface area (Å²) in [4.78, 5) is 22.6. The number of fused-ring (bicyclic) bond motifs is 2. The Morgan fingerprint density at radius 1 is 1.03 bits per heavy atom. The molecule has 0 saturated heterocycles. The molecule has 0 fully saturated rings. The van der Waals surface area contributed by atoms with Crippen LogP contribution in [0.4, 0.5) is 5.82 Å². The van der Waals surface area contributed by atoms with Crippen LogP contribution in [0, 0.1) is 0 Å². The maximum absolute atomic E-state index is 13.2. The quantitative estimate of drug-likeness (QED) is 0.430. The van der Waals surface area contributed by atoms with E-state index in [1.807, 2.05) is 48.5 Å². The summed E-state index contributed by atoms with van der Waals surface area (Å²) in [6.07, 6.45) is 1.59. The molecule has 7 nitrogen and oxygen atoms in total. The second kappa shape index (κ2) is 7.77.